The highest BCUT2D eigenvalue weighted by molar-refractivity contribution is 7.98. The molecule has 21 heavy (non-hydrogen) atoms. The van der Waals surface area contributed by atoms with Crippen LogP contribution in [0.4, 0.5) is 5.69 Å². The number of aryl methyl sites for hydroxylation is 1. The average molecular weight is 301 g/mol. The first-order chi connectivity index (χ1) is 10.2. The highest BCUT2D eigenvalue weighted by Crippen LogP contribution is 2.16. The Morgan fingerprint density at radius 2 is 1.81 bits per heavy atom. The lowest BCUT2D eigenvalue weighted by molar-refractivity contribution is -0.124. The minimum absolute atomic E-state index is 0.418. The van der Waals surface area contributed by atoms with Gasteiger partial charge in [0.25, 0.3) is 5.91 Å². The normalized spacial score (nSPS) is 11.9. The fourth-order valence-corrected chi connectivity index (χ4v) is 2.41. The maximum absolute atomic E-state index is 12.0. The molecule has 2 aromatic rings. The molecule has 2 rings (SSSR count). The van der Waals surface area contributed by atoms with Crippen molar-refractivity contribution in [3.8, 4) is 0 Å². The first-order valence-electron chi connectivity index (χ1n) is 6.82. The zero-order valence-electron chi connectivity index (χ0n) is 12.0. The van der Waals surface area contributed by atoms with Gasteiger partial charge in [-0.15, -0.1) is 0 Å². The Labute approximate surface area is 129 Å². The van der Waals surface area contributed by atoms with E-state index >= 15 is 0 Å². The number of anilines is 1. The van der Waals surface area contributed by atoms with Crippen LogP contribution in [0, 0.1) is 0 Å². The quantitative estimate of drug-likeness (QED) is 0.861. The molecule has 0 aliphatic carbocycles. The molecule has 0 heterocycles. The van der Waals surface area contributed by atoms with Gasteiger partial charge in [0.1, 0.15) is 0 Å². The van der Waals surface area contributed by atoms with Gasteiger partial charge >= 0.3 is 0 Å². The maximum atomic E-state index is 12.0. The molecule has 0 aliphatic rings. The minimum Gasteiger partial charge on any atom is -0.378 e. The van der Waals surface area contributed by atoms with Gasteiger partial charge in [0, 0.05) is 5.69 Å². The average Bonchev–Trinajstić information content (AvgIpc) is 2.54. The molecule has 0 radical (unpaired) electrons. The number of aliphatic hydroxyl groups excluding tert-OH is 1. The topological polar surface area (TPSA) is 49.3 Å². The van der Waals surface area contributed by atoms with Gasteiger partial charge in [0.15, 0.2) is 6.10 Å². The summed E-state index contributed by atoms with van der Waals surface area (Å²) >= 11 is 1.81. The van der Waals surface area contributed by atoms with Gasteiger partial charge in [0.05, 0.1) is 0 Å². The predicted molar refractivity (Wildman–Crippen MR) is 88.6 cm³/mol. The molecular weight excluding hydrogens is 282 g/mol. The second-order valence-corrected chi connectivity index (χ2v) is 5.73. The van der Waals surface area contributed by atoms with Crippen LogP contribution in [0.1, 0.15) is 17.2 Å². The van der Waals surface area contributed by atoms with Gasteiger partial charge in [-0.05, 0) is 41.7 Å². The number of hydrogen-bond acceptors (Lipinski definition) is 3. The summed E-state index contributed by atoms with van der Waals surface area (Å²) in [5.41, 5.74) is 2.53. The molecule has 0 aromatic heterocycles. The monoisotopic (exact) mass is 301 g/mol. The van der Waals surface area contributed by atoms with Crippen LogP contribution < -0.4 is 5.32 Å². The Balaban J connectivity index is 1.96. The highest BCUT2D eigenvalue weighted by atomic mass is 32.2. The molecular formula is C17H19NO2S. The predicted octanol–water partition coefficient (Wildman–Crippen LogP) is 3.26. The van der Waals surface area contributed by atoms with Crippen LogP contribution in [0.25, 0.3) is 0 Å². The third kappa shape index (κ3) is 4.62. The highest BCUT2D eigenvalue weighted by Gasteiger charge is 2.16. The standard InChI is InChI=1S/C17H19NO2S/c1-21-12-11-13-7-9-15(10-8-13)18-17(20)16(19)14-5-3-2-4-6-14/h2-10,16,19H,11-12H2,1H3,(H,18,20). The van der Waals surface area contributed by atoms with Crippen molar-refractivity contribution in [2.45, 2.75) is 12.5 Å². The molecule has 0 fully saturated rings. The number of carbonyl (C=O) groups is 1. The molecule has 3 nitrogen and oxygen atoms in total. The van der Waals surface area contributed by atoms with Gasteiger partial charge in [-0.25, -0.2) is 0 Å². The van der Waals surface area contributed by atoms with E-state index in [1.165, 1.54) is 5.56 Å². The second kappa shape index (κ2) is 7.86. The van der Waals surface area contributed by atoms with Crippen LogP contribution in [-0.4, -0.2) is 23.0 Å². The SMILES string of the molecule is CSCCc1ccc(NC(=O)C(O)c2ccccc2)cc1. The molecule has 1 atom stereocenters. The molecule has 110 valence electrons. The van der Waals surface area contributed by atoms with Crippen molar-refractivity contribution in [2.75, 3.05) is 17.3 Å². The van der Waals surface area contributed by atoms with E-state index in [1.807, 2.05) is 42.1 Å². The van der Waals surface area contributed by atoms with E-state index in [2.05, 4.69) is 11.6 Å². The van der Waals surface area contributed by atoms with Gasteiger partial charge in [-0.2, -0.15) is 11.8 Å². The zero-order valence-corrected chi connectivity index (χ0v) is 12.8. The summed E-state index contributed by atoms with van der Waals surface area (Å²) in [4.78, 5) is 12.0. The fraction of sp³-hybridized carbons (Fsp3) is 0.235. The molecule has 2 aromatic carbocycles. The number of benzene rings is 2. The zero-order chi connectivity index (χ0) is 15.1. The first kappa shape index (κ1) is 15.6. The van der Waals surface area contributed by atoms with Crippen LogP contribution in [0.3, 0.4) is 0 Å². The number of aliphatic hydroxyl groups is 1. The summed E-state index contributed by atoms with van der Waals surface area (Å²) in [6.45, 7) is 0. The molecule has 1 unspecified atom stereocenters. The summed E-state index contributed by atoms with van der Waals surface area (Å²) in [7, 11) is 0. The van der Waals surface area contributed by atoms with Gasteiger partial charge in [-0.3, -0.25) is 4.79 Å². The third-order valence-electron chi connectivity index (χ3n) is 3.18. The van der Waals surface area contributed by atoms with Gasteiger partial charge in [-0.1, -0.05) is 42.5 Å². The number of carbonyl (C=O) groups excluding carboxylic acids is 1. The molecule has 1 amide bonds. The van der Waals surface area contributed by atoms with Gasteiger partial charge < -0.3 is 10.4 Å². The van der Waals surface area contributed by atoms with E-state index < -0.39 is 12.0 Å². The Bertz CT molecular complexity index is 569. The largest absolute Gasteiger partial charge is 0.378 e. The van der Waals surface area contributed by atoms with Crippen LogP contribution in [0.2, 0.25) is 0 Å². The van der Waals surface area contributed by atoms with E-state index in [-0.39, 0.29) is 0 Å². The summed E-state index contributed by atoms with van der Waals surface area (Å²) in [5.74, 6) is 0.663. The molecule has 4 heteroatoms. The van der Waals surface area contributed by atoms with Crippen molar-refractivity contribution >= 4 is 23.4 Å². The number of rotatable bonds is 6. The van der Waals surface area contributed by atoms with Crippen LogP contribution in [0.5, 0.6) is 0 Å². The summed E-state index contributed by atoms with van der Waals surface area (Å²) < 4.78 is 0. The smallest absolute Gasteiger partial charge is 0.257 e. The molecule has 2 N–H and O–H groups in total. The van der Waals surface area contributed by atoms with Gasteiger partial charge in [0.2, 0.25) is 0 Å². The van der Waals surface area contributed by atoms with E-state index in [0.29, 0.717) is 11.3 Å². The van der Waals surface area contributed by atoms with Crippen molar-refractivity contribution in [2.24, 2.45) is 0 Å². The molecule has 0 saturated heterocycles. The lowest BCUT2D eigenvalue weighted by atomic mass is 10.1. The van der Waals surface area contributed by atoms with Crippen molar-refractivity contribution in [1.82, 2.24) is 0 Å². The summed E-state index contributed by atoms with van der Waals surface area (Å²) in [6, 6.07) is 16.6. The Morgan fingerprint density at radius 3 is 2.43 bits per heavy atom. The summed E-state index contributed by atoms with van der Waals surface area (Å²) in [5, 5.41) is 12.7. The van der Waals surface area contributed by atoms with Crippen molar-refractivity contribution in [1.29, 1.82) is 0 Å². The molecule has 0 spiro atoms. The molecule has 0 saturated carbocycles. The Morgan fingerprint density at radius 1 is 1.14 bits per heavy atom. The van der Waals surface area contributed by atoms with Crippen LogP contribution >= 0.6 is 11.8 Å². The van der Waals surface area contributed by atoms with E-state index in [0.717, 1.165) is 12.2 Å². The molecule has 0 aliphatic heterocycles. The molecule has 0 bridgehead atoms. The number of amides is 1. The Hall–Kier alpha value is -1.78. The lowest BCUT2D eigenvalue weighted by Crippen LogP contribution is -2.20. The minimum atomic E-state index is -1.15. The fourth-order valence-electron chi connectivity index (χ4n) is 1.97. The third-order valence-corrected chi connectivity index (χ3v) is 3.79. The Kier molecular flexibility index (Phi) is 5.84. The summed E-state index contributed by atoms with van der Waals surface area (Å²) in [6.07, 6.45) is 1.95. The van der Waals surface area contributed by atoms with Crippen molar-refractivity contribution in [3.63, 3.8) is 0 Å². The lowest BCUT2D eigenvalue weighted by Gasteiger charge is -2.12. The van der Waals surface area contributed by atoms with E-state index in [1.54, 1.807) is 24.3 Å². The van der Waals surface area contributed by atoms with E-state index in [9.17, 15) is 9.90 Å². The number of thioether (sulfide) groups is 1. The van der Waals surface area contributed by atoms with Crippen LogP contribution in [-0.2, 0) is 11.2 Å². The van der Waals surface area contributed by atoms with Crippen molar-refractivity contribution < 1.29 is 9.90 Å². The number of nitrogens with one attached hydrogen (secondary N) is 1. The first-order valence-corrected chi connectivity index (χ1v) is 8.22. The van der Waals surface area contributed by atoms with Crippen molar-refractivity contribution in [3.05, 3.63) is 65.7 Å². The van der Waals surface area contributed by atoms with E-state index in [4.69, 9.17) is 0 Å². The second-order valence-electron chi connectivity index (χ2n) is 4.74. The maximum Gasteiger partial charge on any atom is 0.257 e. The van der Waals surface area contributed by atoms with Crippen LogP contribution in [0.15, 0.2) is 54.6 Å². The number of hydrogen-bond donors (Lipinski definition) is 2.